The average molecular weight is 514 g/mol. The fourth-order valence-corrected chi connectivity index (χ4v) is 8.70. The van der Waals surface area contributed by atoms with Crippen LogP contribution in [0.15, 0.2) is 23.8 Å². The number of phosphoric acid groups is 1. The Balaban J connectivity index is 1.84. The van der Waals surface area contributed by atoms with Crippen LogP contribution in [0.25, 0.3) is 0 Å². The predicted molar refractivity (Wildman–Crippen MR) is 120 cm³/mol. The molecule has 0 aromatic heterocycles. The SMILES string of the molecule is CC(=O)OCC(=O)[C@@]1(OP(=O)(O)O)[C@H](C)C[C@H]2[C@@H]3CCC4=CC(=O)C=C[C@]4(C)[C@@]3(F)[C@@H](O)C[C@@]21C. The van der Waals surface area contributed by atoms with Crippen molar-refractivity contribution < 1.29 is 47.5 Å². The van der Waals surface area contributed by atoms with E-state index in [2.05, 4.69) is 0 Å². The fraction of sp³-hybridized carbons (Fsp3) is 0.708. The molecule has 8 atom stereocenters. The maximum absolute atomic E-state index is 17.2. The van der Waals surface area contributed by atoms with Gasteiger partial charge in [-0.05, 0) is 56.6 Å². The topological polar surface area (TPSA) is 147 Å². The highest BCUT2D eigenvalue weighted by atomic mass is 31.2. The molecule has 0 amide bonds. The number of fused-ring (bicyclic) bond motifs is 5. The number of hydrogen-bond donors (Lipinski definition) is 3. The Kier molecular flexibility index (Phi) is 6.14. The highest BCUT2D eigenvalue weighted by Crippen LogP contribution is 2.72. The number of esters is 1. The van der Waals surface area contributed by atoms with Crippen LogP contribution in [0.1, 0.15) is 53.4 Å². The molecule has 194 valence electrons. The van der Waals surface area contributed by atoms with Crippen LogP contribution in [-0.2, 0) is 28.2 Å². The smallest absolute Gasteiger partial charge is 0.458 e. The molecule has 0 aliphatic heterocycles. The molecule has 9 nitrogen and oxygen atoms in total. The first-order chi connectivity index (χ1) is 16.0. The van der Waals surface area contributed by atoms with Crippen LogP contribution in [0.4, 0.5) is 4.39 Å². The van der Waals surface area contributed by atoms with Crippen LogP contribution < -0.4 is 0 Å². The van der Waals surface area contributed by atoms with Crippen molar-refractivity contribution in [2.75, 3.05) is 6.61 Å². The van der Waals surface area contributed by atoms with Gasteiger partial charge in [-0.2, -0.15) is 0 Å². The molecule has 0 heterocycles. The highest BCUT2D eigenvalue weighted by Gasteiger charge is 2.77. The van der Waals surface area contributed by atoms with Crippen molar-refractivity contribution in [1.29, 1.82) is 0 Å². The first-order valence-corrected chi connectivity index (χ1v) is 13.3. The molecule has 3 fully saturated rings. The molecule has 0 bridgehead atoms. The van der Waals surface area contributed by atoms with Gasteiger partial charge >= 0.3 is 13.8 Å². The predicted octanol–water partition coefficient (Wildman–Crippen LogP) is 2.58. The maximum atomic E-state index is 17.2. The van der Waals surface area contributed by atoms with Gasteiger partial charge in [-0.1, -0.05) is 25.5 Å². The monoisotopic (exact) mass is 514 g/mol. The lowest BCUT2D eigenvalue weighted by Gasteiger charge is -2.62. The van der Waals surface area contributed by atoms with Gasteiger partial charge in [0.2, 0.25) is 5.78 Å². The maximum Gasteiger partial charge on any atom is 0.470 e. The summed E-state index contributed by atoms with van der Waals surface area (Å²) in [7, 11) is -5.24. The van der Waals surface area contributed by atoms with Gasteiger partial charge in [-0.15, -0.1) is 0 Å². The number of phosphoric ester groups is 1. The van der Waals surface area contributed by atoms with Crippen LogP contribution in [0, 0.1) is 28.6 Å². The summed E-state index contributed by atoms with van der Waals surface area (Å²) in [5, 5.41) is 11.4. The number of alkyl halides is 1. The molecule has 11 heteroatoms. The van der Waals surface area contributed by atoms with Gasteiger partial charge in [0.15, 0.2) is 18.1 Å². The number of rotatable bonds is 5. The lowest BCUT2D eigenvalue weighted by molar-refractivity contribution is -0.217. The van der Waals surface area contributed by atoms with E-state index < -0.39 is 72.1 Å². The van der Waals surface area contributed by atoms with Gasteiger partial charge in [0.05, 0.1) is 6.10 Å². The summed E-state index contributed by atoms with van der Waals surface area (Å²) in [4.78, 5) is 56.5. The van der Waals surface area contributed by atoms with E-state index in [4.69, 9.17) is 9.26 Å². The van der Waals surface area contributed by atoms with Crippen LogP contribution in [0.5, 0.6) is 0 Å². The van der Waals surface area contributed by atoms with Crippen LogP contribution in [-0.4, -0.2) is 56.4 Å². The molecule has 0 aromatic rings. The van der Waals surface area contributed by atoms with Gasteiger partial charge in [-0.3, -0.25) is 18.9 Å². The normalized spacial score (nSPS) is 44.7. The first kappa shape index (κ1) is 26.4. The molecule has 3 N–H and O–H groups in total. The summed E-state index contributed by atoms with van der Waals surface area (Å²) in [5.41, 5.74) is -6.29. The van der Waals surface area contributed by atoms with E-state index in [9.17, 15) is 33.8 Å². The molecule has 4 rings (SSSR count). The summed E-state index contributed by atoms with van der Waals surface area (Å²) in [6.45, 7) is 5.19. The van der Waals surface area contributed by atoms with Gasteiger partial charge in [0.1, 0.15) is 5.60 Å². The van der Waals surface area contributed by atoms with Crippen LogP contribution >= 0.6 is 7.82 Å². The zero-order chi connectivity index (χ0) is 26.2. The van der Waals surface area contributed by atoms with Gasteiger partial charge in [0.25, 0.3) is 0 Å². The Morgan fingerprint density at radius 2 is 1.91 bits per heavy atom. The number of ether oxygens (including phenoxy) is 1. The number of allylic oxidation sites excluding steroid dienone is 4. The summed E-state index contributed by atoms with van der Waals surface area (Å²) < 4.78 is 39.5. The summed E-state index contributed by atoms with van der Waals surface area (Å²) in [5.74, 6) is -3.95. The van der Waals surface area contributed by atoms with Gasteiger partial charge in [0, 0.05) is 23.7 Å². The summed E-state index contributed by atoms with van der Waals surface area (Å²) in [6.07, 6.45) is 3.19. The number of carbonyl (C=O) groups excluding carboxylic acids is 3. The Morgan fingerprint density at radius 1 is 1.26 bits per heavy atom. The van der Waals surface area contributed by atoms with E-state index in [1.807, 2.05) is 0 Å². The van der Waals surface area contributed by atoms with E-state index in [0.29, 0.717) is 12.0 Å². The van der Waals surface area contributed by atoms with Crippen LogP contribution in [0.2, 0.25) is 0 Å². The summed E-state index contributed by atoms with van der Waals surface area (Å²) in [6, 6.07) is 0. The molecule has 35 heavy (non-hydrogen) atoms. The van der Waals surface area contributed by atoms with E-state index in [0.717, 1.165) is 6.92 Å². The van der Waals surface area contributed by atoms with Crippen molar-refractivity contribution in [2.45, 2.75) is 70.8 Å². The number of Topliss-reactive ketones (excluding diaryl/α,β-unsaturated/α-hetero) is 1. The highest BCUT2D eigenvalue weighted by molar-refractivity contribution is 7.46. The second kappa shape index (κ2) is 8.15. The van der Waals surface area contributed by atoms with E-state index in [-0.39, 0.29) is 25.0 Å². The van der Waals surface area contributed by atoms with Crippen molar-refractivity contribution >= 4 is 25.4 Å². The zero-order valence-electron chi connectivity index (χ0n) is 20.2. The minimum absolute atomic E-state index is 0.211. The lowest BCUT2D eigenvalue weighted by Crippen LogP contribution is -2.69. The van der Waals surface area contributed by atoms with E-state index >= 15 is 4.39 Å². The molecule has 0 spiro atoms. The van der Waals surface area contributed by atoms with Gasteiger partial charge in [-0.25, -0.2) is 8.96 Å². The molecular weight excluding hydrogens is 482 g/mol. The molecule has 4 aliphatic carbocycles. The van der Waals surface area contributed by atoms with E-state index in [1.54, 1.807) is 20.8 Å². The average Bonchev–Trinajstić information content (AvgIpc) is 2.94. The van der Waals surface area contributed by atoms with Gasteiger partial charge < -0.3 is 19.6 Å². The minimum atomic E-state index is -5.24. The molecule has 0 saturated heterocycles. The van der Waals surface area contributed by atoms with Crippen molar-refractivity contribution in [1.82, 2.24) is 0 Å². The number of ketones is 2. The van der Waals surface area contributed by atoms with Crippen molar-refractivity contribution in [3.8, 4) is 0 Å². The second-order valence-electron chi connectivity index (χ2n) is 10.9. The van der Waals surface area contributed by atoms with Crippen molar-refractivity contribution in [2.24, 2.45) is 28.6 Å². The molecular formula is C24H32FO9P. The lowest BCUT2D eigenvalue weighted by atomic mass is 9.44. The molecule has 0 unspecified atom stereocenters. The molecule has 0 radical (unpaired) electrons. The quantitative estimate of drug-likeness (QED) is 0.372. The van der Waals surface area contributed by atoms with Crippen LogP contribution in [0.3, 0.4) is 0 Å². The number of aliphatic hydroxyl groups excluding tert-OH is 1. The summed E-state index contributed by atoms with van der Waals surface area (Å²) >= 11 is 0. The standard InChI is InChI=1S/C24H32FO9P/c1-13-9-18-17-6-5-15-10-16(27)7-8-21(15,3)23(17,25)19(28)11-22(18,4)24(13,34-35(30,31)32)20(29)12-33-14(2)26/h7-8,10,13,17-19,28H,5-6,9,11-12H2,1-4H3,(H2,30,31,32)/t13-,17+,18+,19+,21+,22+,23+,24+/m1/s1. The largest absolute Gasteiger partial charge is 0.470 e. The molecule has 3 saturated carbocycles. The molecule has 0 aromatic carbocycles. The Hall–Kier alpha value is -1.71. The Labute approximate surface area is 203 Å². The second-order valence-corrected chi connectivity index (χ2v) is 12.1. The number of halogens is 1. The third kappa shape index (κ3) is 3.55. The van der Waals surface area contributed by atoms with Crippen molar-refractivity contribution in [3.05, 3.63) is 23.8 Å². The Bertz CT molecular complexity index is 1080. The fourth-order valence-electron chi connectivity index (χ4n) is 7.83. The first-order valence-electron chi connectivity index (χ1n) is 11.8. The van der Waals surface area contributed by atoms with Crippen molar-refractivity contribution in [3.63, 3.8) is 0 Å². The third-order valence-corrected chi connectivity index (χ3v) is 9.79. The third-order valence-electron chi connectivity index (χ3n) is 9.26. The van der Waals surface area contributed by atoms with E-state index in [1.165, 1.54) is 18.2 Å². The number of hydrogen-bond acceptors (Lipinski definition) is 7. The Morgan fingerprint density at radius 3 is 2.51 bits per heavy atom. The zero-order valence-corrected chi connectivity index (χ0v) is 21.1. The molecule has 4 aliphatic rings. The number of carbonyl (C=O) groups is 3. The number of aliphatic hydroxyl groups is 1. The minimum Gasteiger partial charge on any atom is -0.458 e.